The standard InChI is InChI=1S/C49H91NO7S/c1-4-7-10-13-16-19-22-23-25-26-29-32-35-38-46(51)50-45(49(54)55)43-58-42-44(41-56-47(52)39-36-33-30-27-21-18-15-12-9-6-3)57-48(53)40-37-34-31-28-24-20-17-14-11-8-5-2/h12,15,44-45H,4-11,13-14,16-43H2,1-3H3,(H,50,51)(H,54,55)/b15-12+. The first-order valence-electron chi connectivity index (χ1n) is 24.4. The predicted octanol–water partition coefficient (Wildman–Crippen LogP) is 14.0. The van der Waals surface area contributed by atoms with Crippen LogP contribution in [0.5, 0.6) is 0 Å². The Labute approximate surface area is 361 Å². The smallest absolute Gasteiger partial charge is 0.327 e. The quantitative estimate of drug-likeness (QED) is 0.0353. The molecule has 0 radical (unpaired) electrons. The number of thioether (sulfide) groups is 1. The minimum atomic E-state index is -1.09. The molecule has 0 rings (SSSR count). The molecular formula is C49H91NO7S. The number of nitrogens with one attached hydrogen (secondary N) is 1. The van der Waals surface area contributed by atoms with Gasteiger partial charge in [0.15, 0.2) is 0 Å². The van der Waals surface area contributed by atoms with Crippen LogP contribution in [0.4, 0.5) is 0 Å². The van der Waals surface area contributed by atoms with Crippen LogP contribution in [0.1, 0.15) is 245 Å². The van der Waals surface area contributed by atoms with Gasteiger partial charge in [0.1, 0.15) is 18.8 Å². The van der Waals surface area contributed by atoms with E-state index in [-0.39, 0.29) is 36.0 Å². The van der Waals surface area contributed by atoms with Crippen LogP contribution >= 0.6 is 11.8 Å². The molecule has 0 fully saturated rings. The number of ether oxygens (including phenoxy) is 2. The monoisotopic (exact) mass is 838 g/mol. The van der Waals surface area contributed by atoms with Gasteiger partial charge in [-0.1, -0.05) is 200 Å². The van der Waals surface area contributed by atoms with E-state index in [4.69, 9.17) is 9.47 Å². The Morgan fingerprint density at radius 2 is 0.914 bits per heavy atom. The first-order chi connectivity index (χ1) is 28.3. The van der Waals surface area contributed by atoms with Crippen molar-refractivity contribution in [1.82, 2.24) is 5.32 Å². The molecule has 2 unspecified atom stereocenters. The zero-order valence-electron chi connectivity index (χ0n) is 38.0. The molecule has 0 aromatic heterocycles. The lowest BCUT2D eigenvalue weighted by atomic mass is 10.0. The minimum Gasteiger partial charge on any atom is -0.480 e. The van der Waals surface area contributed by atoms with Gasteiger partial charge in [0.05, 0.1) is 0 Å². The number of amides is 1. The molecular weight excluding hydrogens is 747 g/mol. The fourth-order valence-electron chi connectivity index (χ4n) is 7.08. The van der Waals surface area contributed by atoms with Crippen LogP contribution in [0.2, 0.25) is 0 Å². The highest BCUT2D eigenvalue weighted by Gasteiger charge is 2.23. The molecule has 0 saturated carbocycles. The van der Waals surface area contributed by atoms with Gasteiger partial charge in [-0.3, -0.25) is 14.4 Å². The molecule has 2 N–H and O–H groups in total. The third-order valence-corrected chi connectivity index (χ3v) is 12.0. The van der Waals surface area contributed by atoms with Crippen LogP contribution in [-0.4, -0.2) is 59.2 Å². The maximum absolute atomic E-state index is 12.8. The summed E-state index contributed by atoms with van der Waals surface area (Å²) >= 11 is 1.29. The summed E-state index contributed by atoms with van der Waals surface area (Å²) in [6.07, 6.45) is 42.4. The zero-order valence-corrected chi connectivity index (χ0v) is 38.8. The first-order valence-corrected chi connectivity index (χ1v) is 25.6. The van der Waals surface area contributed by atoms with Gasteiger partial charge in [-0.05, 0) is 38.5 Å². The number of carbonyl (C=O) groups excluding carboxylic acids is 3. The lowest BCUT2D eigenvalue weighted by Gasteiger charge is -2.19. The maximum atomic E-state index is 12.8. The van der Waals surface area contributed by atoms with Gasteiger partial charge in [-0.25, -0.2) is 4.79 Å². The maximum Gasteiger partial charge on any atom is 0.327 e. The molecule has 0 aliphatic rings. The Bertz CT molecular complexity index is 990. The SMILES string of the molecule is CCC/C=C/CCCCCCCC(=O)OCC(CSCC(NC(=O)CCCCCCCCCCCCCCC)C(=O)O)OC(=O)CCCCCCCCCCCCC. The molecule has 2 atom stereocenters. The third kappa shape index (κ3) is 40.7. The van der Waals surface area contributed by atoms with Crippen molar-refractivity contribution >= 4 is 35.6 Å². The van der Waals surface area contributed by atoms with E-state index < -0.39 is 18.1 Å². The highest BCUT2D eigenvalue weighted by molar-refractivity contribution is 7.99. The van der Waals surface area contributed by atoms with E-state index in [0.29, 0.717) is 19.3 Å². The molecule has 0 aliphatic carbocycles. The van der Waals surface area contributed by atoms with Gasteiger partial charge in [-0.15, -0.1) is 0 Å². The Morgan fingerprint density at radius 1 is 0.500 bits per heavy atom. The fraction of sp³-hybridized carbons (Fsp3) is 0.878. The molecule has 0 aliphatic heterocycles. The number of carbonyl (C=O) groups is 4. The average Bonchev–Trinajstić information content (AvgIpc) is 3.20. The Hall–Kier alpha value is -2.03. The second kappa shape index (κ2) is 44.5. The predicted molar refractivity (Wildman–Crippen MR) is 245 cm³/mol. The summed E-state index contributed by atoms with van der Waals surface area (Å²) in [6.45, 7) is 6.62. The highest BCUT2D eigenvalue weighted by Crippen LogP contribution is 2.16. The average molecular weight is 838 g/mol. The molecule has 0 heterocycles. The minimum absolute atomic E-state index is 0.0525. The van der Waals surface area contributed by atoms with E-state index >= 15 is 0 Å². The van der Waals surface area contributed by atoms with Crippen LogP contribution in [0.3, 0.4) is 0 Å². The third-order valence-electron chi connectivity index (χ3n) is 10.8. The van der Waals surface area contributed by atoms with Crippen LogP contribution in [-0.2, 0) is 28.7 Å². The Morgan fingerprint density at radius 3 is 1.38 bits per heavy atom. The summed E-state index contributed by atoms with van der Waals surface area (Å²) in [7, 11) is 0. The second-order valence-electron chi connectivity index (χ2n) is 16.6. The summed E-state index contributed by atoms with van der Waals surface area (Å²) in [5.41, 5.74) is 0. The van der Waals surface area contributed by atoms with Crippen molar-refractivity contribution in [1.29, 1.82) is 0 Å². The number of aliphatic carboxylic acids is 1. The van der Waals surface area contributed by atoms with Gasteiger partial charge in [-0.2, -0.15) is 11.8 Å². The van der Waals surface area contributed by atoms with Gasteiger partial charge < -0.3 is 19.9 Å². The number of unbranched alkanes of at least 4 members (excludes halogenated alkanes) is 28. The number of carboxylic acids is 1. The molecule has 58 heavy (non-hydrogen) atoms. The molecule has 0 spiro atoms. The fourth-order valence-corrected chi connectivity index (χ4v) is 8.10. The van der Waals surface area contributed by atoms with Crippen molar-refractivity contribution in [3.8, 4) is 0 Å². The van der Waals surface area contributed by atoms with E-state index in [2.05, 4.69) is 38.2 Å². The summed E-state index contributed by atoms with van der Waals surface area (Å²) in [6, 6.07) is -1.04. The molecule has 0 aromatic rings. The molecule has 0 aromatic carbocycles. The molecule has 1 amide bonds. The van der Waals surface area contributed by atoms with Gasteiger partial charge in [0.2, 0.25) is 5.91 Å². The van der Waals surface area contributed by atoms with E-state index in [9.17, 15) is 24.3 Å². The van der Waals surface area contributed by atoms with Crippen molar-refractivity contribution in [3.05, 3.63) is 12.2 Å². The lowest BCUT2D eigenvalue weighted by Crippen LogP contribution is -2.42. The van der Waals surface area contributed by atoms with Gasteiger partial charge in [0, 0.05) is 30.8 Å². The number of rotatable bonds is 45. The van der Waals surface area contributed by atoms with Crippen molar-refractivity contribution < 1.29 is 33.8 Å². The second-order valence-corrected chi connectivity index (χ2v) is 17.7. The number of hydrogen-bond acceptors (Lipinski definition) is 7. The van der Waals surface area contributed by atoms with Gasteiger partial charge in [0.25, 0.3) is 0 Å². The molecule has 0 bridgehead atoms. The van der Waals surface area contributed by atoms with Gasteiger partial charge >= 0.3 is 17.9 Å². The molecule has 340 valence electrons. The van der Waals surface area contributed by atoms with Crippen LogP contribution in [0, 0.1) is 0 Å². The number of esters is 2. The molecule has 0 saturated heterocycles. The van der Waals surface area contributed by atoms with E-state index in [0.717, 1.165) is 77.0 Å². The molecule has 8 nitrogen and oxygen atoms in total. The van der Waals surface area contributed by atoms with Crippen molar-refractivity contribution in [2.45, 2.75) is 258 Å². The first kappa shape index (κ1) is 56.0. The summed E-state index contributed by atoms with van der Waals surface area (Å²) in [5.74, 6) is -1.54. The van der Waals surface area contributed by atoms with Crippen LogP contribution < -0.4 is 5.32 Å². The van der Waals surface area contributed by atoms with E-state index in [1.165, 1.54) is 140 Å². The summed E-state index contributed by atoms with van der Waals surface area (Å²) in [5, 5.41) is 12.5. The number of hydrogen-bond donors (Lipinski definition) is 2. The largest absolute Gasteiger partial charge is 0.480 e. The summed E-state index contributed by atoms with van der Waals surface area (Å²) in [4.78, 5) is 50.0. The van der Waals surface area contributed by atoms with Crippen molar-refractivity contribution in [3.63, 3.8) is 0 Å². The van der Waals surface area contributed by atoms with Crippen LogP contribution in [0.25, 0.3) is 0 Å². The molecule has 9 heteroatoms. The Balaban J connectivity index is 4.60. The Kier molecular flexibility index (Phi) is 43.0. The van der Waals surface area contributed by atoms with E-state index in [1.54, 1.807) is 0 Å². The topological polar surface area (TPSA) is 119 Å². The van der Waals surface area contributed by atoms with Crippen LogP contribution in [0.15, 0.2) is 12.2 Å². The lowest BCUT2D eigenvalue weighted by molar-refractivity contribution is -0.157. The van der Waals surface area contributed by atoms with E-state index in [1.807, 2.05) is 0 Å². The zero-order chi connectivity index (χ0) is 42.6. The summed E-state index contributed by atoms with van der Waals surface area (Å²) < 4.78 is 11.3. The highest BCUT2D eigenvalue weighted by atomic mass is 32.2. The number of allylic oxidation sites excluding steroid dienone is 2. The normalized spacial score (nSPS) is 12.5. The van der Waals surface area contributed by atoms with Crippen molar-refractivity contribution in [2.24, 2.45) is 0 Å². The number of carboxylic acid groups (broad SMARTS) is 1. The van der Waals surface area contributed by atoms with Crippen molar-refractivity contribution in [2.75, 3.05) is 18.1 Å².